The van der Waals surface area contributed by atoms with Crippen LogP contribution in [-0.4, -0.2) is 50.5 Å². The van der Waals surface area contributed by atoms with Crippen LogP contribution in [0.5, 0.6) is 0 Å². The van der Waals surface area contributed by atoms with E-state index in [0.29, 0.717) is 13.2 Å². The van der Waals surface area contributed by atoms with Crippen molar-refractivity contribution < 1.29 is 4.74 Å². The number of pyridine rings is 2. The molecule has 5 heterocycles. The molecule has 1 atom stereocenters. The number of hydrogen-bond donors (Lipinski definition) is 1. The highest BCUT2D eigenvalue weighted by atomic mass is 16.5. The Kier molecular flexibility index (Phi) is 4.09. The van der Waals surface area contributed by atoms with E-state index in [0.717, 1.165) is 45.9 Å². The Morgan fingerprint density at radius 1 is 1.18 bits per heavy atom. The van der Waals surface area contributed by atoms with Crippen molar-refractivity contribution in [1.29, 1.82) is 0 Å². The fourth-order valence-corrected chi connectivity index (χ4v) is 3.86. The van der Waals surface area contributed by atoms with Gasteiger partial charge in [-0.2, -0.15) is 5.10 Å². The van der Waals surface area contributed by atoms with Gasteiger partial charge in [0.25, 0.3) is 0 Å². The van der Waals surface area contributed by atoms with Gasteiger partial charge in [-0.1, -0.05) is 0 Å². The van der Waals surface area contributed by atoms with Crippen molar-refractivity contribution in [3.8, 4) is 22.5 Å². The smallest absolute Gasteiger partial charge is 0.137 e. The van der Waals surface area contributed by atoms with Crippen LogP contribution in [0, 0.1) is 0 Å². The summed E-state index contributed by atoms with van der Waals surface area (Å²) in [5.41, 5.74) is 5.02. The van der Waals surface area contributed by atoms with Gasteiger partial charge in [-0.25, -0.2) is 9.97 Å². The number of hydrogen-bond acceptors (Lipinski definition) is 5. The zero-order chi connectivity index (χ0) is 19.1. The number of aryl methyl sites for hydroxylation is 1. The highest BCUT2D eigenvalue weighted by Crippen LogP contribution is 2.32. The van der Waals surface area contributed by atoms with E-state index >= 15 is 0 Å². The third-order valence-corrected chi connectivity index (χ3v) is 5.33. The first kappa shape index (κ1) is 16.9. The lowest BCUT2D eigenvalue weighted by Gasteiger charge is -2.34. The standard InChI is InChI=1S/C21H22N6O/c1-14-13-28-10-9-27(14)20-12-15(19-5-8-24-26(19)2)11-18(25-20)16-3-6-22-21-17(16)4-7-23-21/h3-8,11-12,14H,9-10,13H2,1-2H3,(H,22,23)/t14-/m1/s1. The summed E-state index contributed by atoms with van der Waals surface area (Å²) in [4.78, 5) is 15.0. The van der Waals surface area contributed by atoms with Gasteiger partial charge in [-0.3, -0.25) is 4.68 Å². The molecule has 1 saturated heterocycles. The number of fused-ring (bicyclic) bond motifs is 1. The van der Waals surface area contributed by atoms with Crippen LogP contribution in [0.4, 0.5) is 5.82 Å². The van der Waals surface area contributed by atoms with Gasteiger partial charge in [-0.15, -0.1) is 0 Å². The van der Waals surface area contributed by atoms with Crippen molar-refractivity contribution in [1.82, 2.24) is 24.7 Å². The Morgan fingerprint density at radius 2 is 2.11 bits per heavy atom. The van der Waals surface area contributed by atoms with Crippen molar-refractivity contribution in [2.24, 2.45) is 7.05 Å². The average Bonchev–Trinajstić information content (AvgIpc) is 3.36. The van der Waals surface area contributed by atoms with E-state index in [1.54, 1.807) is 0 Å². The molecule has 5 rings (SSSR count). The minimum absolute atomic E-state index is 0.278. The predicted octanol–water partition coefficient (Wildman–Crippen LogP) is 3.25. The first-order valence-electron chi connectivity index (χ1n) is 9.48. The molecule has 4 aromatic rings. The maximum Gasteiger partial charge on any atom is 0.137 e. The van der Waals surface area contributed by atoms with Gasteiger partial charge < -0.3 is 14.6 Å². The molecule has 7 heteroatoms. The fraction of sp³-hybridized carbons (Fsp3) is 0.286. The molecule has 0 spiro atoms. The summed E-state index contributed by atoms with van der Waals surface area (Å²) in [6.45, 7) is 4.44. The lowest BCUT2D eigenvalue weighted by atomic mass is 10.0. The third-order valence-electron chi connectivity index (χ3n) is 5.33. The second-order valence-corrected chi connectivity index (χ2v) is 7.16. The van der Waals surface area contributed by atoms with Crippen LogP contribution in [0.15, 0.2) is 48.9 Å². The molecule has 1 N–H and O–H groups in total. The third kappa shape index (κ3) is 2.84. The zero-order valence-electron chi connectivity index (χ0n) is 16.0. The summed E-state index contributed by atoms with van der Waals surface area (Å²) in [7, 11) is 1.96. The maximum atomic E-state index is 5.62. The Balaban J connectivity index is 1.71. The number of aromatic nitrogens is 5. The molecule has 4 aromatic heterocycles. The summed E-state index contributed by atoms with van der Waals surface area (Å²) in [5.74, 6) is 0.963. The molecule has 1 aliphatic rings. The second kappa shape index (κ2) is 6.76. The quantitative estimate of drug-likeness (QED) is 0.596. The zero-order valence-corrected chi connectivity index (χ0v) is 16.0. The lowest BCUT2D eigenvalue weighted by molar-refractivity contribution is 0.0985. The first-order valence-corrected chi connectivity index (χ1v) is 9.48. The number of nitrogens with zero attached hydrogens (tertiary/aromatic N) is 5. The molecule has 0 amide bonds. The molecular weight excluding hydrogens is 352 g/mol. The summed E-state index contributed by atoms with van der Waals surface area (Å²) < 4.78 is 7.51. The lowest BCUT2D eigenvalue weighted by Crippen LogP contribution is -2.44. The Hall–Kier alpha value is -3.19. The summed E-state index contributed by atoms with van der Waals surface area (Å²) in [6, 6.07) is 10.7. The molecule has 0 unspecified atom stereocenters. The van der Waals surface area contributed by atoms with Gasteiger partial charge in [0, 0.05) is 48.7 Å². The molecule has 0 bridgehead atoms. The number of H-pyrrole nitrogens is 1. The second-order valence-electron chi connectivity index (χ2n) is 7.16. The summed E-state index contributed by atoms with van der Waals surface area (Å²) in [6.07, 6.45) is 5.56. The van der Waals surface area contributed by atoms with Gasteiger partial charge in [0.15, 0.2) is 0 Å². The van der Waals surface area contributed by atoms with Crippen LogP contribution in [-0.2, 0) is 11.8 Å². The van der Waals surface area contributed by atoms with Crippen LogP contribution < -0.4 is 4.90 Å². The molecule has 0 aliphatic carbocycles. The fourth-order valence-electron chi connectivity index (χ4n) is 3.86. The molecule has 0 saturated carbocycles. The van der Waals surface area contributed by atoms with E-state index in [1.165, 1.54) is 0 Å². The van der Waals surface area contributed by atoms with Gasteiger partial charge in [-0.05, 0) is 37.3 Å². The molecule has 7 nitrogen and oxygen atoms in total. The van der Waals surface area contributed by atoms with E-state index < -0.39 is 0 Å². The van der Waals surface area contributed by atoms with Gasteiger partial charge in [0.2, 0.25) is 0 Å². The Bertz CT molecular complexity index is 1130. The highest BCUT2D eigenvalue weighted by molar-refractivity contribution is 5.92. The van der Waals surface area contributed by atoms with E-state index in [9.17, 15) is 0 Å². The Morgan fingerprint density at radius 3 is 2.93 bits per heavy atom. The molecule has 142 valence electrons. The van der Waals surface area contributed by atoms with Crippen molar-refractivity contribution in [2.45, 2.75) is 13.0 Å². The van der Waals surface area contributed by atoms with Gasteiger partial charge >= 0.3 is 0 Å². The van der Waals surface area contributed by atoms with Crippen molar-refractivity contribution >= 4 is 16.9 Å². The summed E-state index contributed by atoms with van der Waals surface area (Å²) in [5, 5.41) is 5.41. The van der Waals surface area contributed by atoms with Crippen LogP contribution in [0.2, 0.25) is 0 Å². The number of rotatable bonds is 3. The number of nitrogens with one attached hydrogen (secondary N) is 1. The largest absolute Gasteiger partial charge is 0.377 e. The van der Waals surface area contributed by atoms with E-state index in [1.807, 2.05) is 48.5 Å². The molecule has 0 radical (unpaired) electrons. The first-order chi connectivity index (χ1) is 13.7. The highest BCUT2D eigenvalue weighted by Gasteiger charge is 2.22. The number of anilines is 1. The average molecular weight is 374 g/mol. The van der Waals surface area contributed by atoms with Crippen LogP contribution in [0.1, 0.15) is 6.92 Å². The molecule has 1 fully saturated rings. The maximum absolute atomic E-state index is 5.62. The molecule has 0 aromatic carbocycles. The number of aromatic amines is 1. The van der Waals surface area contributed by atoms with E-state index in [4.69, 9.17) is 9.72 Å². The van der Waals surface area contributed by atoms with Crippen molar-refractivity contribution in [3.63, 3.8) is 0 Å². The molecule has 1 aliphatic heterocycles. The predicted molar refractivity (Wildman–Crippen MR) is 109 cm³/mol. The van der Waals surface area contributed by atoms with Crippen LogP contribution >= 0.6 is 0 Å². The van der Waals surface area contributed by atoms with Gasteiger partial charge in [0.1, 0.15) is 11.5 Å². The Labute approximate surface area is 163 Å². The van der Waals surface area contributed by atoms with Crippen molar-refractivity contribution in [3.05, 3.63) is 48.9 Å². The van der Waals surface area contributed by atoms with Crippen LogP contribution in [0.25, 0.3) is 33.5 Å². The van der Waals surface area contributed by atoms with Crippen LogP contribution in [0.3, 0.4) is 0 Å². The molecule has 28 heavy (non-hydrogen) atoms. The minimum Gasteiger partial charge on any atom is -0.377 e. The normalized spacial score (nSPS) is 17.4. The van der Waals surface area contributed by atoms with E-state index in [-0.39, 0.29) is 6.04 Å². The van der Waals surface area contributed by atoms with Crippen molar-refractivity contribution in [2.75, 3.05) is 24.7 Å². The SMILES string of the molecule is C[C@@H]1COCCN1c1cc(-c2ccnn2C)cc(-c2ccnc3[nH]ccc23)n1. The molecular formula is C21H22N6O. The monoisotopic (exact) mass is 374 g/mol. The topological polar surface area (TPSA) is 71.9 Å². The van der Waals surface area contributed by atoms with E-state index in [2.05, 4.69) is 39.0 Å². The van der Waals surface area contributed by atoms with Gasteiger partial charge in [0.05, 0.1) is 30.6 Å². The minimum atomic E-state index is 0.278. The number of ether oxygens (including phenoxy) is 1. The summed E-state index contributed by atoms with van der Waals surface area (Å²) >= 11 is 0. The number of morpholine rings is 1.